The summed E-state index contributed by atoms with van der Waals surface area (Å²) in [7, 11) is 1.47. The van der Waals surface area contributed by atoms with Gasteiger partial charge < -0.3 is 26.4 Å². The van der Waals surface area contributed by atoms with Crippen LogP contribution in [0.15, 0.2) is 18.2 Å². The standard InChI is InChI=1S/C24H36FN7O/c1-33-21-13-12-19(14-20(21)25)32(18-6-4-2-3-5-7-18)24-30-22(27)29-23(31-24)28-17-10-8-16(15-26)9-11-17/h12-14,16-18H,2-11,15,26H2,1H3,(H3,27,28,29,30,31). The van der Waals surface area contributed by atoms with E-state index in [1.54, 1.807) is 6.07 Å². The van der Waals surface area contributed by atoms with Crippen LogP contribution in [0.3, 0.4) is 0 Å². The van der Waals surface area contributed by atoms with Gasteiger partial charge in [-0.15, -0.1) is 0 Å². The van der Waals surface area contributed by atoms with E-state index < -0.39 is 5.82 Å². The minimum absolute atomic E-state index is 0.158. The van der Waals surface area contributed by atoms with E-state index in [2.05, 4.69) is 15.3 Å². The van der Waals surface area contributed by atoms with E-state index in [0.717, 1.165) is 57.9 Å². The summed E-state index contributed by atoms with van der Waals surface area (Å²) in [5.41, 5.74) is 12.6. The van der Waals surface area contributed by atoms with Crippen molar-refractivity contribution in [3.63, 3.8) is 0 Å². The third-order valence-electron chi connectivity index (χ3n) is 6.97. The van der Waals surface area contributed by atoms with Gasteiger partial charge in [0.1, 0.15) is 0 Å². The van der Waals surface area contributed by atoms with E-state index in [-0.39, 0.29) is 23.8 Å². The highest BCUT2D eigenvalue weighted by Gasteiger charge is 2.27. The molecular formula is C24H36FN7O. The number of rotatable bonds is 7. The Hall–Kier alpha value is -2.68. The molecule has 2 aromatic rings. The molecule has 4 rings (SSSR count). The van der Waals surface area contributed by atoms with Crippen LogP contribution in [0.2, 0.25) is 0 Å². The van der Waals surface area contributed by atoms with Gasteiger partial charge in [0.2, 0.25) is 17.8 Å². The number of nitrogen functional groups attached to an aromatic ring is 1. The molecule has 9 heteroatoms. The molecule has 1 aromatic heterocycles. The molecule has 1 heterocycles. The fourth-order valence-corrected chi connectivity index (χ4v) is 5.09. The Morgan fingerprint density at radius 2 is 1.76 bits per heavy atom. The second-order valence-electron chi connectivity index (χ2n) is 9.25. The van der Waals surface area contributed by atoms with Crippen LogP contribution in [0.5, 0.6) is 5.75 Å². The van der Waals surface area contributed by atoms with E-state index in [1.807, 2.05) is 11.0 Å². The van der Waals surface area contributed by atoms with Gasteiger partial charge in [-0.3, -0.25) is 0 Å². The third kappa shape index (κ3) is 5.82. The van der Waals surface area contributed by atoms with Crippen LogP contribution in [0.4, 0.5) is 27.9 Å². The van der Waals surface area contributed by atoms with Crippen LogP contribution in [0, 0.1) is 11.7 Å². The van der Waals surface area contributed by atoms with Crippen LogP contribution < -0.4 is 26.4 Å². The van der Waals surface area contributed by atoms with E-state index in [9.17, 15) is 4.39 Å². The van der Waals surface area contributed by atoms with Crippen LogP contribution in [0.1, 0.15) is 64.2 Å². The van der Waals surface area contributed by atoms with Crippen molar-refractivity contribution >= 4 is 23.5 Å². The van der Waals surface area contributed by atoms with Gasteiger partial charge in [-0.25, -0.2) is 4.39 Å². The monoisotopic (exact) mass is 457 g/mol. The molecule has 2 aliphatic rings. The second-order valence-corrected chi connectivity index (χ2v) is 9.25. The summed E-state index contributed by atoms with van der Waals surface area (Å²) in [5.74, 6) is 1.48. The van der Waals surface area contributed by atoms with Crippen molar-refractivity contribution in [3.05, 3.63) is 24.0 Å². The summed E-state index contributed by atoms with van der Waals surface area (Å²) in [6.07, 6.45) is 10.9. The van der Waals surface area contributed by atoms with Crippen molar-refractivity contribution in [3.8, 4) is 5.75 Å². The van der Waals surface area contributed by atoms with Crippen molar-refractivity contribution in [2.45, 2.75) is 76.3 Å². The van der Waals surface area contributed by atoms with Crippen molar-refractivity contribution in [2.75, 3.05) is 29.6 Å². The third-order valence-corrected chi connectivity index (χ3v) is 6.97. The SMILES string of the molecule is COc1ccc(N(c2nc(N)nc(NC3CCC(CN)CC3)n2)C2CCCCCC2)cc1F. The number of hydrogen-bond donors (Lipinski definition) is 3. The molecule has 0 unspecified atom stereocenters. The first-order valence-electron chi connectivity index (χ1n) is 12.2. The minimum Gasteiger partial charge on any atom is -0.494 e. The normalized spacial score (nSPS) is 21.9. The van der Waals surface area contributed by atoms with Crippen LogP contribution in [0.25, 0.3) is 0 Å². The van der Waals surface area contributed by atoms with Crippen LogP contribution >= 0.6 is 0 Å². The second kappa shape index (κ2) is 11.0. The summed E-state index contributed by atoms with van der Waals surface area (Å²) in [5, 5.41) is 3.45. The molecule has 0 radical (unpaired) electrons. The molecule has 2 aliphatic carbocycles. The largest absolute Gasteiger partial charge is 0.494 e. The maximum Gasteiger partial charge on any atom is 0.236 e. The van der Waals surface area contributed by atoms with E-state index in [4.69, 9.17) is 21.2 Å². The number of nitrogens with one attached hydrogen (secondary N) is 1. The smallest absolute Gasteiger partial charge is 0.236 e. The lowest BCUT2D eigenvalue weighted by molar-refractivity contribution is 0.344. The molecule has 5 N–H and O–H groups in total. The first-order valence-corrected chi connectivity index (χ1v) is 12.2. The highest BCUT2D eigenvalue weighted by molar-refractivity contribution is 5.61. The van der Waals surface area contributed by atoms with Gasteiger partial charge >= 0.3 is 0 Å². The van der Waals surface area contributed by atoms with Gasteiger partial charge in [-0.1, -0.05) is 25.7 Å². The fourth-order valence-electron chi connectivity index (χ4n) is 5.09. The van der Waals surface area contributed by atoms with Crippen LogP contribution in [-0.4, -0.2) is 40.7 Å². The van der Waals surface area contributed by atoms with E-state index in [1.165, 1.54) is 26.0 Å². The average Bonchev–Trinajstić information content (AvgIpc) is 3.09. The number of nitrogens with zero attached hydrogens (tertiary/aromatic N) is 4. The number of hydrogen-bond acceptors (Lipinski definition) is 8. The van der Waals surface area contributed by atoms with Gasteiger partial charge in [0.15, 0.2) is 11.6 Å². The number of aromatic nitrogens is 3. The first kappa shape index (κ1) is 23.5. The molecular weight excluding hydrogens is 421 g/mol. The molecule has 0 atom stereocenters. The first-order chi connectivity index (χ1) is 16.1. The van der Waals surface area contributed by atoms with Crippen molar-refractivity contribution < 1.29 is 9.13 Å². The molecule has 8 nitrogen and oxygen atoms in total. The van der Waals surface area contributed by atoms with Gasteiger partial charge in [-0.05, 0) is 63.1 Å². The Balaban J connectivity index is 1.64. The molecule has 0 amide bonds. The molecule has 2 fully saturated rings. The predicted octanol–water partition coefficient (Wildman–Crippen LogP) is 4.39. The zero-order valence-corrected chi connectivity index (χ0v) is 19.5. The van der Waals surface area contributed by atoms with Crippen molar-refractivity contribution in [2.24, 2.45) is 11.7 Å². The number of anilines is 4. The fraction of sp³-hybridized carbons (Fsp3) is 0.625. The Kier molecular flexibility index (Phi) is 7.80. The molecule has 0 saturated heterocycles. The minimum atomic E-state index is -0.411. The predicted molar refractivity (Wildman–Crippen MR) is 129 cm³/mol. The lowest BCUT2D eigenvalue weighted by Crippen LogP contribution is -2.33. The number of ether oxygens (including phenoxy) is 1. The van der Waals surface area contributed by atoms with Crippen molar-refractivity contribution in [1.82, 2.24) is 15.0 Å². The quantitative estimate of drug-likeness (QED) is 0.524. The topological polar surface area (TPSA) is 115 Å². The molecule has 180 valence electrons. The Morgan fingerprint density at radius 3 is 2.39 bits per heavy atom. The summed E-state index contributed by atoms with van der Waals surface area (Å²) in [6, 6.07) is 5.44. The summed E-state index contributed by atoms with van der Waals surface area (Å²) in [6.45, 7) is 0.740. The molecule has 2 saturated carbocycles. The molecule has 0 aliphatic heterocycles. The van der Waals surface area contributed by atoms with Gasteiger partial charge in [0.25, 0.3) is 0 Å². The Morgan fingerprint density at radius 1 is 1.03 bits per heavy atom. The maximum absolute atomic E-state index is 14.7. The summed E-state index contributed by atoms with van der Waals surface area (Å²) < 4.78 is 19.8. The molecule has 1 aromatic carbocycles. The highest BCUT2D eigenvalue weighted by Crippen LogP contribution is 2.35. The number of benzene rings is 1. The summed E-state index contributed by atoms with van der Waals surface area (Å²) in [4.78, 5) is 15.6. The average molecular weight is 458 g/mol. The highest BCUT2D eigenvalue weighted by atomic mass is 19.1. The lowest BCUT2D eigenvalue weighted by Gasteiger charge is -2.32. The maximum atomic E-state index is 14.7. The number of halogens is 1. The Labute approximate surface area is 195 Å². The number of methoxy groups -OCH3 is 1. The molecule has 33 heavy (non-hydrogen) atoms. The van der Waals surface area contributed by atoms with Gasteiger partial charge in [0, 0.05) is 23.8 Å². The van der Waals surface area contributed by atoms with E-state index in [0.29, 0.717) is 23.5 Å². The lowest BCUT2D eigenvalue weighted by atomic mass is 9.86. The molecule has 0 bridgehead atoms. The molecule has 0 spiro atoms. The number of nitrogens with two attached hydrogens (primary N) is 2. The zero-order chi connectivity index (χ0) is 23.2. The van der Waals surface area contributed by atoms with Gasteiger partial charge in [-0.2, -0.15) is 15.0 Å². The Bertz CT molecular complexity index is 912. The summed E-state index contributed by atoms with van der Waals surface area (Å²) >= 11 is 0. The van der Waals surface area contributed by atoms with Crippen LogP contribution in [-0.2, 0) is 0 Å². The zero-order valence-electron chi connectivity index (χ0n) is 19.5. The van der Waals surface area contributed by atoms with Crippen molar-refractivity contribution in [1.29, 1.82) is 0 Å². The van der Waals surface area contributed by atoms with Gasteiger partial charge in [0.05, 0.1) is 7.11 Å². The van der Waals surface area contributed by atoms with E-state index >= 15 is 0 Å².